The maximum Gasteiger partial charge on any atom is 0.340 e. The molecule has 4 rings (SSSR count). The summed E-state index contributed by atoms with van der Waals surface area (Å²) in [4.78, 5) is 26.4. The number of carbonyl (C=O) groups is 2. The second kappa shape index (κ2) is 11.2. The SMILES string of the molecule is COC(=O)c1cc(C)ccc1N(C(C)=O)c1ccc(Oc2cccc(OCc3ccccc3)c2)cc1. The van der Waals surface area contributed by atoms with E-state index in [1.807, 2.05) is 67.6 Å². The topological polar surface area (TPSA) is 65.1 Å². The van der Waals surface area contributed by atoms with Gasteiger partial charge in [0.05, 0.1) is 18.4 Å². The number of hydrogen-bond donors (Lipinski definition) is 0. The Kier molecular flexibility index (Phi) is 7.66. The van der Waals surface area contributed by atoms with Crippen molar-refractivity contribution in [2.24, 2.45) is 0 Å². The number of esters is 1. The van der Waals surface area contributed by atoms with Gasteiger partial charge in [-0.05, 0) is 61.0 Å². The molecule has 0 aliphatic rings. The molecule has 0 unspecified atom stereocenters. The standard InChI is InChI=1S/C30H27NO5/c1-21-12-17-29(28(18-21)30(33)34-3)31(22(2)32)24-13-15-25(16-14-24)36-27-11-7-10-26(19-27)35-20-23-8-5-4-6-9-23/h4-19H,20H2,1-3H3. The Labute approximate surface area is 210 Å². The van der Waals surface area contributed by atoms with Crippen molar-refractivity contribution < 1.29 is 23.8 Å². The van der Waals surface area contributed by atoms with Crippen molar-refractivity contribution in [2.75, 3.05) is 12.0 Å². The third-order valence-electron chi connectivity index (χ3n) is 5.50. The number of hydrogen-bond acceptors (Lipinski definition) is 5. The summed E-state index contributed by atoms with van der Waals surface area (Å²) in [5.41, 5.74) is 3.35. The van der Waals surface area contributed by atoms with Crippen LogP contribution >= 0.6 is 0 Å². The summed E-state index contributed by atoms with van der Waals surface area (Å²) < 4.78 is 16.8. The Morgan fingerprint density at radius 2 is 1.50 bits per heavy atom. The third kappa shape index (κ3) is 5.91. The summed E-state index contributed by atoms with van der Waals surface area (Å²) in [7, 11) is 1.32. The first kappa shape index (κ1) is 24.5. The summed E-state index contributed by atoms with van der Waals surface area (Å²) in [6.07, 6.45) is 0. The number of nitrogens with zero attached hydrogens (tertiary/aromatic N) is 1. The van der Waals surface area contributed by atoms with Gasteiger partial charge in [-0.15, -0.1) is 0 Å². The van der Waals surface area contributed by atoms with E-state index in [0.29, 0.717) is 40.8 Å². The minimum absolute atomic E-state index is 0.235. The van der Waals surface area contributed by atoms with Crippen molar-refractivity contribution in [3.05, 3.63) is 114 Å². The molecule has 182 valence electrons. The quantitative estimate of drug-likeness (QED) is 0.258. The largest absolute Gasteiger partial charge is 0.489 e. The summed E-state index contributed by atoms with van der Waals surface area (Å²) in [6.45, 7) is 3.79. The van der Waals surface area contributed by atoms with E-state index in [0.717, 1.165) is 11.1 Å². The van der Waals surface area contributed by atoms with Gasteiger partial charge in [-0.25, -0.2) is 4.79 Å². The molecule has 0 radical (unpaired) electrons. The van der Waals surface area contributed by atoms with Crippen molar-refractivity contribution in [3.8, 4) is 17.2 Å². The van der Waals surface area contributed by atoms with Crippen LogP contribution in [0.25, 0.3) is 0 Å². The second-order valence-electron chi connectivity index (χ2n) is 8.21. The number of ether oxygens (including phenoxy) is 3. The molecule has 0 heterocycles. The fourth-order valence-electron chi connectivity index (χ4n) is 3.78. The monoisotopic (exact) mass is 481 g/mol. The molecule has 6 nitrogen and oxygen atoms in total. The molecule has 0 aliphatic heterocycles. The summed E-state index contributed by atoms with van der Waals surface area (Å²) >= 11 is 0. The van der Waals surface area contributed by atoms with Gasteiger partial charge in [0, 0.05) is 18.7 Å². The molecule has 0 aromatic heterocycles. The Morgan fingerprint density at radius 3 is 2.19 bits per heavy atom. The number of aryl methyl sites for hydroxylation is 1. The molecule has 1 amide bonds. The summed E-state index contributed by atoms with van der Waals surface area (Å²) in [6, 6.07) is 29.8. The Bertz CT molecular complexity index is 1350. The van der Waals surface area contributed by atoms with Crippen LogP contribution in [0, 0.1) is 6.92 Å². The number of methoxy groups -OCH3 is 1. The van der Waals surface area contributed by atoms with Crippen molar-refractivity contribution >= 4 is 23.3 Å². The Morgan fingerprint density at radius 1 is 0.778 bits per heavy atom. The van der Waals surface area contributed by atoms with E-state index in [4.69, 9.17) is 14.2 Å². The van der Waals surface area contributed by atoms with Gasteiger partial charge in [0.1, 0.15) is 23.9 Å². The summed E-state index contributed by atoms with van der Waals surface area (Å²) in [5, 5.41) is 0. The van der Waals surface area contributed by atoms with E-state index >= 15 is 0 Å². The molecule has 0 aliphatic carbocycles. The van der Waals surface area contributed by atoms with E-state index in [2.05, 4.69) is 0 Å². The molecule has 0 N–H and O–H groups in total. The molecule has 36 heavy (non-hydrogen) atoms. The fraction of sp³-hybridized carbons (Fsp3) is 0.133. The predicted molar refractivity (Wildman–Crippen MR) is 139 cm³/mol. The number of benzene rings is 4. The molecule has 6 heteroatoms. The van der Waals surface area contributed by atoms with Gasteiger partial charge in [0.2, 0.25) is 5.91 Å². The molecule has 4 aromatic rings. The van der Waals surface area contributed by atoms with Crippen LogP contribution < -0.4 is 14.4 Å². The number of anilines is 2. The highest BCUT2D eigenvalue weighted by atomic mass is 16.5. The van der Waals surface area contributed by atoms with E-state index < -0.39 is 5.97 Å². The van der Waals surface area contributed by atoms with Gasteiger partial charge in [-0.1, -0.05) is 48.0 Å². The lowest BCUT2D eigenvalue weighted by molar-refractivity contribution is -0.115. The van der Waals surface area contributed by atoms with Crippen LogP contribution in [0.5, 0.6) is 17.2 Å². The van der Waals surface area contributed by atoms with Gasteiger partial charge in [-0.3, -0.25) is 9.69 Å². The molecule has 0 fully saturated rings. The lowest BCUT2D eigenvalue weighted by Gasteiger charge is -2.24. The molecule has 0 saturated carbocycles. The molecule has 4 aromatic carbocycles. The molecular formula is C30H27NO5. The maximum absolute atomic E-state index is 12.6. The highest BCUT2D eigenvalue weighted by Crippen LogP contribution is 2.33. The van der Waals surface area contributed by atoms with Crippen LogP contribution in [-0.2, 0) is 16.1 Å². The summed E-state index contributed by atoms with van der Waals surface area (Å²) in [5.74, 6) is 1.18. The smallest absolute Gasteiger partial charge is 0.340 e. The average molecular weight is 482 g/mol. The highest BCUT2D eigenvalue weighted by Gasteiger charge is 2.22. The van der Waals surface area contributed by atoms with Crippen LogP contribution in [0.3, 0.4) is 0 Å². The van der Waals surface area contributed by atoms with Crippen molar-refractivity contribution in [1.82, 2.24) is 0 Å². The first-order valence-electron chi connectivity index (χ1n) is 11.5. The maximum atomic E-state index is 12.6. The molecule has 0 saturated heterocycles. The van der Waals surface area contributed by atoms with Gasteiger partial charge in [0.15, 0.2) is 0 Å². The number of amides is 1. The molecule has 0 spiro atoms. The number of rotatable bonds is 8. The van der Waals surface area contributed by atoms with Crippen LogP contribution in [0.1, 0.15) is 28.4 Å². The number of carbonyl (C=O) groups excluding carboxylic acids is 2. The van der Waals surface area contributed by atoms with Gasteiger partial charge < -0.3 is 14.2 Å². The van der Waals surface area contributed by atoms with Crippen LogP contribution in [0.15, 0.2) is 97.1 Å². The average Bonchev–Trinajstić information content (AvgIpc) is 2.89. The van der Waals surface area contributed by atoms with Crippen LogP contribution in [0.2, 0.25) is 0 Å². The van der Waals surface area contributed by atoms with Crippen molar-refractivity contribution in [1.29, 1.82) is 0 Å². The second-order valence-corrected chi connectivity index (χ2v) is 8.21. The van der Waals surface area contributed by atoms with E-state index in [9.17, 15) is 9.59 Å². The zero-order valence-corrected chi connectivity index (χ0v) is 20.4. The molecule has 0 bridgehead atoms. The van der Waals surface area contributed by atoms with E-state index in [-0.39, 0.29) is 5.91 Å². The Hall–Kier alpha value is -4.58. The van der Waals surface area contributed by atoms with Crippen LogP contribution in [0.4, 0.5) is 11.4 Å². The van der Waals surface area contributed by atoms with Gasteiger partial charge in [0.25, 0.3) is 0 Å². The van der Waals surface area contributed by atoms with Gasteiger partial charge >= 0.3 is 5.97 Å². The normalized spacial score (nSPS) is 10.4. The fourth-order valence-corrected chi connectivity index (χ4v) is 3.78. The lowest BCUT2D eigenvalue weighted by Crippen LogP contribution is -2.25. The molecular weight excluding hydrogens is 454 g/mol. The van der Waals surface area contributed by atoms with Crippen molar-refractivity contribution in [2.45, 2.75) is 20.5 Å². The van der Waals surface area contributed by atoms with E-state index in [1.54, 1.807) is 36.4 Å². The minimum Gasteiger partial charge on any atom is -0.489 e. The minimum atomic E-state index is -0.505. The zero-order valence-electron chi connectivity index (χ0n) is 20.4. The zero-order chi connectivity index (χ0) is 25.5. The van der Waals surface area contributed by atoms with Crippen LogP contribution in [-0.4, -0.2) is 19.0 Å². The Balaban J connectivity index is 1.52. The molecule has 0 atom stereocenters. The highest BCUT2D eigenvalue weighted by molar-refractivity contribution is 6.06. The third-order valence-corrected chi connectivity index (χ3v) is 5.50. The van der Waals surface area contributed by atoms with Gasteiger partial charge in [-0.2, -0.15) is 0 Å². The van der Waals surface area contributed by atoms with E-state index in [1.165, 1.54) is 18.9 Å². The first-order valence-corrected chi connectivity index (χ1v) is 11.5. The van der Waals surface area contributed by atoms with Crippen molar-refractivity contribution in [3.63, 3.8) is 0 Å². The predicted octanol–water partition coefficient (Wildman–Crippen LogP) is 6.84. The lowest BCUT2D eigenvalue weighted by atomic mass is 10.1. The first-order chi connectivity index (χ1) is 17.4.